The van der Waals surface area contributed by atoms with Crippen molar-refractivity contribution < 1.29 is 0 Å². The van der Waals surface area contributed by atoms with E-state index < -0.39 is 0 Å². The molecule has 1 aromatic carbocycles. The van der Waals surface area contributed by atoms with Crippen LogP contribution in [0.4, 0.5) is 0 Å². The molecule has 1 fully saturated rings. The number of benzene rings is 1. The van der Waals surface area contributed by atoms with E-state index in [0.717, 1.165) is 19.5 Å². The Hall–Kier alpha value is -0.860. The van der Waals surface area contributed by atoms with E-state index in [0.29, 0.717) is 12.1 Å². The minimum atomic E-state index is 0.410. The maximum Gasteiger partial charge on any atom is 0.0297 e. The Morgan fingerprint density at radius 3 is 2.57 bits per heavy atom. The molecule has 14 heavy (non-hydrogen) atoms. The first-order valence-electron chi connectivity index (χ1n) is 5.29. The largest absolute Gasteiger partial charge is 0.325 e. The fraction of sp³-hybridized carbons (Fsp3) is 0.500. The van der Waals surface area contributed by atoms with E-state index in [-0.39, 0.29) is 0 Å². The number of hydrogen-bond donors (Lipinski definition) is 1. The minimum absolute atomic E-state index is 0.410. The SMILES string of the molecule is C[C@H](Cc1ccccc1)N1CC(N)C1. The lowest BCUT2D eigenvalue weighted by Gasteiger charge is -2.41. The fourth-order valence-electron chi connectivity index (χ4n) is 1.99. The van der Waals surface area contributed by atoms with Gasteiger partial charge in [0.05, 0.1) is 0 Å². The first-order chi connectivity index (χ1) is 6.75. The van der Waals surface area contributed by atoms with Crippen molar-refractivity contribution in [1.82, 2.24) is 4.90 Å². The maximum absolute atomic E-state index is 5.76. The maximum atomic E-state index is 5.76. The smallest absolute Gasteiger partial charge is 0.0297 e. The molecule has 0 bridgehead atoms. The Labute approximate surface area is 85.7 Å². The second-order valence-corrected chi connectivity index (χ2v) is 4.25. The summed E-state index contributed by atoms with van der Waals surface area (Å²) in [6, 6.07) is 11.7. The molecule has 1 aliphatic heterocycles. The number of nitrogens with zero attached hydrogens (tertiary/aromatic N) is 1. The summed E-state index contributed by atoms with van der Waals surface area (Å²) in [5.74, 6) is 0. The van der Waals surface area contributed by atoms with E-state index in [1.54, 1.807) is 0 Å². The molecule has 0 saturated carbocycles. The molecular weight excluding hydrogens is 172 g/mol. The van der Waals surface area contributed by atoms with Gasteiger partial charge in [-0.3, -0.25) is 4.90 Å². The monoisotopic (exact) mass is 190 g/mol. The van der Waals surface area contributed by atoms with E-state index in [4.69, 9.17) is 5.73 Å². The van der Waals surface area contributed by atoms with E-state index in [1.165, 1.54) is 5.56 Å². The Morgan fingerprint density at radius 2 is 2.00 bits per heavy atom. The molecule has 1 aliphatic rings. The molecule has 0 aromatic heterocycles. The van der Waals surface area contributed by atoms with Crippen LogP contribution in [-0.2, 0) is 6.42 Å². The summed E-state index contributed by atoms with van der Waals surface area (Å²) in [6.45, 7) is 4.40. The fourth-order valence-corrected chi connectivity index (χ4v) is 1.99. The summed E-state index contributed by atoms with van der Waals surface area (Å²) >= 11 is 0. The summed E-state index contributed by atoms with van der Waals surface area (Å²) in [6.07, 6.45) is 1.13. The Bertz CT molecular complexity index is 278. The molecule has 0 unspecified atom stereocenters. The zero-order valence-electron chi connectivity index (χ0n) is 8.69. The van der Waals surface area contributed by atoms with Crippen LogP contribution in [0.2, 0.25) is 0 Å². The highest BCUT2D eigenvalue weighted by molar-refractivity contribution is 5.16. The lowest BCUT2D eigenvalue weighted by atomic mass is 10.0. The molecule has 1 atom stereocenters. The summed E-state index contributed by atoms with van der Waals surface area (Å²) in [5, 5.41) is 0. The van der Waals surface area contributed by atoms with Gasteiger partial charge in [-0.25, -0.2) is 0 Å². The molecule has 0 spiro atoms. The van der Waals surface area contributed by atoms with Gasteiger partial charge in [0.15, 0.2) is 0 Å². The highest BCUT2D eigenvalue weighted by atomic mass is 15.2. The van der Waals surface area contributed by atoms with Gasteiger partial charge in [0, 0.05) is 25.2 Å². The average molecular weight is 190 g/mol. The Morgan fingerprint density at radius 1 is 1.36 bits per heavy atom. The van der Waals surface area contributed by atoms with Gasteiger partial charge in [0.2, 0.25) is 0 Å². The van der Waals surface area contributed by atoms with Crippen molar-refractivity contribution in [3.63, 3.8) is 0 Å². The van der Waals surface area contributed by atoms with Crippen LogP contribution < -0.4 is 5.73 Å². The number of hydrogen-bond acceptors (Lipinski definition) is 2. The van der Waals surface area contributed by atoms with Gasteiger partial charge in [-0.2, -0.15) is 0 Å². The number of rotatable bonds is 3. The van der Waals surface area contributed by atoms with Gasteiger partial charge < -0.3 is 5.73 Å². The summed E-state index contributed by atoms with van der Waals surface area (Å²) < 4.78 is 0. The van der Waals surface area contributed by atoms with E-state index >= 15 is 0 Å². The van der Waals surface area contributed by atoms with Crippen LogP contribution in [0.3, 0.4) is 0 Å². The normalized spacial score (nSPS) is 20.4. The Kier molecular flexibility index (Phi) is 2.85. The van der Waals surface area contributed by atoms with Crippen molar-refractivity contribution in [3.05, 3.63) is 35.9 Å². The van der Waals surface area contributed by atoms with Crippen molar-refractivity contribution >= 4 is 0 Å². The van der Waals surface area contributed by atoms with Gasteiger partial charge in [0.1, 0.15) is 0 Å². The molecule has 2 rings (SSSR count). The van der Waals surface area contributed by atoms with Gasteiger partial charge >= 0.3 is 0 Å². The lowest BCUT2D eigenvalue weighted by molar-refractivity contribution is 0.103. The first-order valence-corrected chi connectivity index (χ1v) is 5.29. The molecule has 0 radical (unpaired) electrons. The molecule has 0 aliphatic carbocycles. The molecule has 1 heterocycles. The third-order valence-electron chi connectivity index (χ3n) is 2.94. The predicted octanol–water partition coefficient (Wildman–Crippen LogP) is 1.26. The molecule has 0 amide bonds. The zero-order valence-corrected chi connectivity index (χ0v) is 8.69. The molecule has 2 heteroatoms. The van der Waals surface area contributed by atoms with Gasteiger partial charge in [0.25, 0.3) is 0 Å². The van der Waals surface area contributed by atoms with Crippen LogP contribution in [-0.4, -0.2) is 30.1 Å². The summed E-state index contributed by atoms with van der Waals surface area (Å²) in [4.78, 5) is 2.44. The molecule has 2 N–H and O–H groups in total. The van der Waals surface area contributed by atoms with Crippen LogP contribution in [0.15, 0.2) is 30.3 Å². The zero-order chi connectivity index (χ0) is 9.97. The second-order valence-electron chi connectivity index (χ2n) is 4.25. The van der Waals surface area contributed by atoms with Gasteiger partial charge in [-0.05, 0) is 18.9 Å². The number of likely N-dealkylation sites (tertiary alicyclic amines) is 1. The third kappa shape index (κ3) is 2.14. The predicted molar refractivity (Wildman–Crippen MR) is 59.2 cm³/mol. The molecule has 1 aromatic rings. The quantitative estimate of drug-likeness (QED) is 0.777. The van der Waals surface area contributed by atoms with Crippen LogP contribution in [0.5, 0.6) is 0 Å². The molecule has 1 saturated heterocycles. The van der Waals surface area contributed by atoms with Gasteiger partial charge in [-0.1, -0.05) is 30.3 Å². The van der Waals surface area contributed by atoms with Crippen LogP contribution in [0.1, 0.15) is 12.5 Å². The van der Waals surface area contributed by atoms with E-state index in [9.17, 15) is 0 Å². The summed E-state index contributed by atoms with van der Waals surface area (Å²) in [7, 11) is 0. The van der Waals surface area contributed by atoms with Crippen LogP contribution in [0.25, 0.3) is 0 Å². The topological polar surface area (TPSA) is 29.3 Å². The minimum Gasteiger partial charge on any atom is -0.325 e. The highest BCUT2D eigenvalue weighted by Crippen LogP contribution is 2.14. The van der Waals surface area contributed by atoms with Crippen molar-refractivity contribution in [1.29, 1.82) is 0 Å². The average Bonchev–Trinajstić information content (AvgIpc) is 2.14. The number of nitrogens with two attached hydrogens (primary N) is 1. The van der Waals surface area contributed by atoms with Crippen molar-refractivity contribution in [3.8, 4) is 0 Å². The van der Waals surface area contributed by atoms with E-state index in [1.807, 2.05) is 0 Å². The van der Waals surface area contributed by atoms with Crippen LogP contribution in [0, 0.1) is 0 Å². The van der Waals surface area contributed by atoms with Crippen LogP contribution >= 0.6 is 0 Å². The molecule has 2 nitrogen and oxygen atoms in total. The molecule has 76 valence electrons. The van der Waals surface area contributed by atoms with Gasteiger partial charge in [-0.15, -0.1) is 0 Å². The van der Waals surface area contributed by atoms with Crippen molar-refractivity contribution in [2.24, 2.45) is 5.73 Å². The Balaban J connectivity index is 1.86. The first kappa shape index (κ1) is 9.69. The van der Waals surface area contributed by atoms with Crippen molar-refractivity contribution in [2.45, 2.75) is 25.4 Å². The van der Waals surface area contributed by atoms with E-state index in [2.05, 4.69) is 42.2 Å². The lowest BCUT2D eigenvalue weighted by Crippen LogP contribution is -2.59. The third-order valence-corrected chi connectivity index (χ3v) is 2.94. The highest BCUT2D eigenvalue weighted by Gasteiger charge is 2.26. The van der Waals surface area contributed by atoms with Crippen molar-refractivity contribution in [2.75, 3.05) is 13.1 Å². The summed E-state index contributed by atoms with van der Waals surface area (Å²) in [5.41, 5.74) is 7.18. The standard InChI is InChI=1S/C12H18N2/c1-10(14-8-12(13)9-14)7-11-5-3-2-4-6-11/h2-6,10,12H,7-9,13H2,1H3/t10-/m1/s1. The second kappa shape index (κ2) is 4.11. The molecular formula is C12H18N2.